The van der Waals surface area contributed by atoms with Crippen LogP contribution in [-0.4, -0.2) is 58.7 Å². The van der Waals surface area contributed by atoms with Crippen molar-refractivity contribution in [3.05, 3.63) is 65.2 Å². The monoisotopic (exact) mass is 492 g/mol. The van der Waals surface area contributed by atoms with E-state index in [0.29, 0.717) is 29.8 Å². The molecule has 0 fully saturated rings. The molecule has 1 aliphatic rings. The lowest BCUT2D eigenvalue weighted by molar-refractivity contribution is 0.102. The average molecular weight is 493 g/mol. The molecule has 35 heavy (non-hydrogen) atoms. The fourth-order valence-electron chi connectivity index (χ4n) is 3.98. The van der Waals surface area contributed by atoms with Crippen molar-refractivity contribution in [2.45, 2.75) is 6.10 Å². The largest absolute Gasteiger partial charge is 0.486 e. The van der Waals surface area contributed by atoms with Gasteiger partial charge < -0.3 is 25.0 Å². The van der Waals surface area contributed by atoms with Crippen molar-refractivity contribution in [1.82, 2.24) is 9.78 Å². The maximum Gasteiger partial charge on any atom is 0.161 e. The van der Waals surface area contributed by atoms with Crippen molar-refractivity contribution in [3.8, 4) is 22.6 Å². The highest BCUT2D eigenvalue weighted by Crippen LogP contribution is 2.40. The summed E-state index contributed by atoms with van der Waals surface area (Å²) in [5.74, 6) is 2.10. The number of aromatic nitrogens is 2. The second-order valence-corrected chi connectivity index (χ2v) is 8.61. The van der Waals surface area contributed by atoms with Crippen molar-refractivity contribution >= 4 is 40.2 Å². The van der Waals surface area contributed by atoms with Crippen LogP contribution >= 0.6 is 11.6 Å². The summed E-state index contributed by atoms with van der Waals surface area (Å²) in [6.07, 6.45) is 0.805. The van der Waals surface area contributed by atoms with Crippen LogP contribution in [0.5, 0.6) is 11.5 Å². The van der Waals surface area contributed by atoms with Crippen molar-refractivity contribution in [2.75, 3.05) is 31.7 Å². The molecular formula is C26H25ClN4O4. The quantitative estimate of drug-likeness (QED) is 0.335. The molecule has 0 spiro atoms. The Morgan fingerprint density at radius 3 is 2.80 bits per heavy atom. The molecule has 0 aliphatic carbocycles. The summed E-state index contributed by atoms with van der Waals surface area (Å²) in [6.45, 7) is 0.879. The van der Waals surface area contributed by atoms with Gasteiger partial charge >= 0.3 is 0 Å². The summed E-state index contributed by atoms with van der Waals surface area (Å²) in [5, 5.41) is 27.9. The first-order valence-electron chi connectivity index (χ1n) is 11.2. The standard InChI is InChI=1S/C26H25ClN4O4/c1-31-22-7-5-16(13-28-14-18(33)15-32)11-20(22)26(30-31)29-21-4-2-3-19(25(21)27)17-6-8-23-24(12-17)35-10-9-34-23/h2-8,11-13,18,32-33H,9-10,14-15H2,1H3,(H,29,30). The molecule has 1 aromatic heterocycles. The summed E-state index contributed by atoms with van der Waals surface area (Å²) in [5.41, 5.74) is 4.32. The number of aliphatic imine (C=N–C) groups is 1. The molecule has 0 saturated carbocycles. The zero-order chi connectivity index (χ0) is 24.4. The van der Waals surface area contributed by atoms with Gasteiger partial charge in [0.25, 0.3) is 0 Å². The Bertz CT molecular complexity index is 1400. The topological polar surface area (TPSA) is 101 Å². The number of aryl methyl sites for hydroxylation is 1. The lowest BCUT2D eigenvalue weighted by Gasteiger charge is -2.19. The van der Waals surface area contributed by atoms with E-state index in [1.54, 1.807) is 10.9 Å². The smallest absolute Gasteiger partial charge is 0.161 e. The van der Waals surface area contributed by atoms with E-state index in [1.165, 1.54) is 0 Å². The highest BCUT2D eigenvalue weighted by molar-refractivity contribution is 6.36. The molecule has 0 amide bonds. The number of halogens is 1. The third-order valence-corrected chi connectivity index (χ3v) is 6.15. The molecule has 1 atom stereocenters. The molecule has 8 nitrogen and oxygen atoms in total. The molecule has 3 N–H and O–H groups in total. The Kier molecular flexibility index (Phi) is 6.59. The van der Waals surface area contributed by atoms with E-state index in [4.69, 9.17) is 26.2 Å². The van der Waals surface area contributed by atoms with Crippen LogP contribution in [-0.2, 0) is 7.05 Å². The predicted octanol–water partition coefficient (Wildman–Crippen LogP) is 4.18. The number of aliphatic hydroxyl groups is 2. The Labute approximate surface area is 207 Å². The van der Waals surface area contributed by atoms with Crippen molar-refractivity contribution in [3.63, 3.8) is 0 Å². The summed E-state index contributed by atoms with van der Waals surface area (Å²) in [4.78, 5) is 4.21. The second kappa shape index (κ2) is 9.95. The van der Waals surface area contributed by atoms with Crippen molar-refractivity contribution in [1.29, 1.82) is 0 Å². The van der Waals surface area contributed by atoms with Crippen LogP contribution in [0.1, 0.15) is 5.56 Å². The lowest BCUT2D eigenvalue weighted by atomic mass is 10.0. The Hall–Kier alpha value is -3.59. The summed E-state index contributed by atoms with van der Waals surface area (Å²) < 4.78 is 13.2. The summed E-state index contributed by atoms with van der Waals surface area (Å²) in [7, 11) is 1.88. The van der Waals surface area contributed by atoms with Gasteiger partial charge in [-0.05, 0) is 41.5 Å². The molecule has 0 radical (unpaired) electrons. The molecule has 0 saturated heterocycles. The van der Waals surface area contributed by atoms with Crippen LogP contribution in [0.25, 0.3) is 22.0 Å². The number of hydrogen-bond donors (Lipinski definition) is 3. The van der Waals surface area contributed by atoms with Crippen LogP contribution in [0.15, 0.2) is 59.6 Å². The van der Waals surface area contributed by atoms with E-state index in [1.807, 2.05) is 61.6 Å². The van der Waals surface area contributed by atoms with Gasteiger partial charge in [-0.15, -0.1) is 0 Å². The predicted molar refractivity (Wildman–Crippen MR) is 137 cm³/mol. The van der Waals surface area contributed by atoms with Gasteiger partial charge in [-0.3, -0.25) is 9.67 Å². The Balaban J connectivity index is 1.45. The first-order chi connectivity index (χ1) is 17.0. The first-order valence-corrected chi connectivity index (χ1v) is 11.6. The number of fused-ring (bicyclic) bond motifs is 2. The minimum atomic E-state index is -0.866. The Morgan fingerprint density at radius 1 is 1.14 bits per heavy atom. The lowest BCUT2D eigenvalue weighted by Crippen LogP contribution is -2.15. The highest BCUT2D eigenvalue weighted by atomic mass is 35.5. The number of nitrogens with zero attached hydrogens (tertiary/aromatic N) is 3. The maximum absolute atomic E-state index is 9.50. The van der Waals surface area contributed by atoms with E-state index in [9.17, 15) is 5.11 Å². The molecule has 1 aliphatic heterocycles. The molecule has 2 heterocycles. The number of ether oxygens (including phenoxy) is 2. The molecule has 3 aromatic carbocycles. The van der Waals surface area contributed by atoms with E-state index in [2.05, 4.69) is 15.4 Å². The van der Waals surface area contributed by atoms with E-state index in [-0.39, 0.29) is 13.2 Å². The van der Waals surface area contributed by atoms with Crippen LogP contribution in [0.2, 0.25) is 5.02 Å². The minimum Gasteiger partial charge on any atom is -0.486 e. The molecule has 0 bridgehead atoms. The third kappa shape index (κ3) is 4.81. The fourth-order valence-corrected chi connectivity index (χ4v) is 4.27. The molecule has 5 rings (SSSR count). The number of rotatable bonds is 7. The van der Waals surface area contributed by atoms with Gasteiger partial charge in [0.2, 0.25) is 0 Å². The second-order valence-electron chi connectivity index (χ2n) is 8.23. The number of hydrogen-bond acceptors (Lipinski definition) is 7. The zero-order valence-corrected chi connectivity index (χ0v) is 19.9. The van der Waals surface area contributed by atoms with E-state index < -0.39 is 6.10 Å². The zero-order valence-electron chi connectivity index (χ0n) is 19.1. The Morgan fingerprint density at radius 2 is 1.97 bits per heavy atom. The molecular weight excluding hydrogens is 468 g/mol. The van der Waals surface area contributed by atoms with Crippen LogP contribution in [0.4, 0.5) is 11.5 Å². The minimum absolute atomic E-state index is 0.134. The van der Waals surface area contributed by atoms with Gasteiger partial charge in [-0.25, -0.2) is 0 Å². The molecule has 180 valence electrons. The SMILES string of the molecule is Cn1nc(Nc2cccc(-c3ccc4c(c3)OCCO4)c2Cl)c2cc(C=NCC(O)CO)ccc21. The van der Waals surface area contributed by atoms with Crippen LogP contribution in [0.3, 0.4) is 0 Å². The van der Waals surface area contributed by atoms with Gasteiger partial charge in [0.1, 0.15) is 13.2 Å². The third-order valence-electron chi connectivity index (χ3n) is 5.75. The van der Waals surface area contributed by atoms with E-state index >= 15 is 0 Å². The summed E-state index contributed by atoms with van der Waals surface area (Å²) >= 11 is 6.84. The molecule has 9 heteroatoms. The van der Waals surface area contributed by atoms with Gasteiger partial charge in [0.05, 0.1) is 35.5 Å². The normalized spacial score (nSPS) is 13.9. The van der Waals surface area contributed by atoms with Gasteiger partial charge in [0, 0.05) is 24.2 Å². The van der Waals surface area contributed by atoms with Crippen molar-refractivity contribution < 1.29 is 19.7 Å². The first kappa shape index (κ1) is 23.2. The van der Waals surface area contributed by atoms with E-state index in [0.717, 1.165) is 39.0 Å². The highest BCUT2D eigenvalue weighted by Gasteiger charge is 2.16. The van der Waals surface area contributed by atoms with Gasteiger partial charge in [-0.2, -0.15) is 5.10 Å². The van der Waals surface area contributed by atoms with Gasteiger partial charge in [0.15, 0.2) is 17.3 Å². The number of benzene rings is 3. The van der Waals surface area contributed by atoms with Gasteiger partial charge in [-0.1, -0.05) is 35.9 Å². The average Bonchev–Trinajstić information content (AvgIpc) is 3.19. The number of nitrogens with one attached hydrogen (secondary N) is 1. The van der Waals surface area contributed by atoms with Crippen molar-refractivity contribution in [2.24, 2.45) is 12.0 Å². The van der Waals surface area contributed by atoms with Crippen LogP contribution < -0.4 is 14.8 Å². The molecule has 1 unspecified atom stereocenters. The number of aliphatic hydroxyl groups excluding tert-OH is 2. The fraction of sp³-hybridized carbons (Fsp3) is 0.231. The maximum atomic E-state index is 9.50. The molecule has 4 aromatic rings. The van der Waals surface area contributed by atoms with Crippen LogP contribution in [0, 0.1) is 0 Å². The number of anilines is 2. The summed E-state index contributed by atoms with van der Waals surface area (Å²) in [6, 6.07) is 17.5.